The Morgan fingerprint density at radius 1 is 1.12 bits per heavy atom. The van der Waals surface area contributed by atoms with Crippen LogP contribution in [-0.2, 0) is 14.9 Å². The van der Waals surface area contributed by atoms with Crippen LogP contribution in [-0.4, -0.2) is 29.4 Å². The van der Waals surface area contributed by atoms with Gasteiger partial charge in [-0.1, -0.05) is 24.3 Å². The number of unbranched alkanes of at least 4 members (excludes halogenated alkanes) is 1. The van der Waals surface area contributed by atoms with Crippen molar-refractivity contribution >= 4 is 28.1 Å². The van der Waals surface area contributed by atoms with Crippen molar-refractivity contribution in [3.05, 3.63) is 42.0 Å². The molecule has 1 aliphatic heterocycles. The second-order valence-corrected chi connectivity index (χ2v) is 7.31. The molecule has 3 nitrogen and oxygen atoms in total. The molecule has 0 radical (unpaired) electrons. The predicted molar refractivity (Wildman–Crippen MR) is 103 cm³/mol. The molecule has 26 heavy (non-hydrogen) atoms. The maximum absolute atomic E-state index is 11.5. The Hall–Kier alpha value is -1.68. The highest BCUT2D eigenvalue weighted by molar-refractivity contribution is 6.01. The number of carbonyl (C=O) groups is 1. The van der Waals surface area contributed by atoms with Crippen molar-refractivity contribution in [1.82, 2.24) is 0 Å². The van der Waals surface area contributed by atoms with E-state index in [1.807, 2.05) is 6.92 Å². The number of fused-ring (bicyclic) bond motifs is 3. The third-order valence-electron chi connectivity index (χ3n) is 5.45. The van der Waals surface area contributed by atoms with E-state index in [2.05, 4.69) is 61.7 Å². The second-order valence-electron chi connectivity index (χ2n) is 7.31. The van der Waals surface area contributed by atoms with Crippen LogP contribution in [0.1, 0.15) is 52.5 Å². The predicted octanol–water partition coefficient (Wildman–Crippen LogP) is 1.97. The molecule has 0 N–H and O–H groups in total. The maximum atomic E-state index is 11.5. The summed E-state index contributed by atoms with van der Waals surface area (Å²) in [4.78, 5) is 11.5. The van der Waals surface area contributed by atoms with Crippen molar-refractivity contribution in [3.63, 3.8) is 0 Å². The van der Waals surface area contributed by atoms with E-state index in [-0.39, 0.29) is 28.4 Å². The molecule has 0 atom stereocenters. The average molecular weight is 418 g/mol. The van der Waals surface area contributed by atoms with Crippen LogP contribution < -0.4 is 17.0 Å². The number of ether oxygens (including phenoxy) is 1. The van der Waals surface area contributed by atoms with Gasteiger partial charge in [0.25, 0.3) is 0 Å². The molecule has 0 saturated carbocycles. The molecule has 1 heterocycles. The first-order valence-corrected chi connectivity index (χ1v) is 9.26. The second kappa shape index (κ2) is 8.34. The van der Waals surface area contributed by atoms with E-state index < -0.39 is 0 Å². The number of halogens is 1. The van der Waals surface area contributed by atoms with Crippen molar-refractivity contribution in [2.24, 2.45) is 0 Å². The SMILES string of the molecule is CCOC(=O)CCCC[N+]1=C(C)C(C)(C)c2c1ccc1ccccc21.[Br-]. The van der Waals surface area contributed by atoms with Gasteiger partial charge in [0.2, 0.25) is 5.69 Å². The van der Waals surface area contributed by atoms with Crippen LogP contribution in [0, 0.1) is 0 Å². The van der Waals surface area contributed by atoms with Crippen molar-refractivity contribution in [2.45, 2.75) is 52.4 Å². The van der Waals surface area contributed by atoms with Gasteiger partial charge in [-0.2, -0.15) is 4.58 Å². The van der Waals surface area contributed by atoms with E-state index >= 15 is 0 Å². The molecule has 0 aliphatic carbocycles. The van der Waals surface area contributed by atoms with Crippen molar-refractivity contribution in [2.75, 3.05) is 13.2 Å². The summed E-state index contributed by atoms with van der Waals surface area (Å²) < 4.78 is 7.45. The van der Waals surface area contributed by atoms with Crippen LogP contribution in [0.4, 0.5) is 5.69 Å². The van der Waals surface area contributed by atoms with Gasteiger partial charge in [0.15, 0.2) is 5.71 Å². The van der Waals surface area contributed by atoms with Crippen molar-refractivity contribution < 1.29 is 31.1 Å². The summed E-state index contributed by atoms with van der Waals surface area (Å²) in [5.74, 6) is -0.0867. The molecule has 0 bridgehead atoms. The highest BCUT2D eigenvalue weighted by atomic mass is 79.9. The van der Waals surface area contributed by atoms with Gasteiger partial charge >= 0.3 is 5.97 Å². The normalized spacial score (nSPS) is 14.9. The van der Waals surface area contributed by atoms with Gasteiger partial charge in [0.05, 0.1) is 12.0 Å². The summed E-state index contributed by atoms with van der Waals surface area (Å²) in [6.07, 6.45) is 2.36. The summed E-state index contributed by atoms with van der Waals surface area (Å²) in [6, 6.07) is 13.1. The molecule has 0 aromatic heterocycles. The number of benzene rings is 2. The molecule has 4 heteroatoms. The van der Waals surface area contributed by atoms with Crippen LogP contribution in [0.3, 0.4) is 0 Å². The van der Waals surface area contributed by atoms with Gasteiger partial charge in [-0.3, -0.25) is 4.79 Å². The molecule has 2 aromatic rings. The fourth-order valence-electron chi connectivity index (χ4n) is 3.90. The van der Waals surface area contributed by atoms with Crippen LogP contribution >= 0.6 is 0 Å². The van der Waals surface area contributed by atoms with Crippen LogP contribution in [0.2, 0.25) is 0 Å². The quantitative estimate of drug-likeness (QED) is 0.408. The number of carbonyl (C=O) groups excluding carboxylic acids is 1. The first-order valence-electron chi connectivity index (χ1n) is 9.26. The van der Waals surface area contributed by atoms with E-state index in [9.17, 15) is 4.79 Å². The van der Waals surface area contributed by atoms with E-state index in [0.717, 1.165) is 19.4 Å². The number of hydrogen-bond acceptors (Lipinski definition) is 2. The number of nitrogens with zero attached hydrogens (tertiary/aromatic N) is 1. The topological polar surface area (TPSA) is 29.3 Å². The lowest BCUT2D eigenvalue weighted by atomic mass is 9.80. The number of esters is 1. The Bertz CT molecular complexity index is 839. The molecule has 0 fully saturated rings. The zero-order valence-electron chi connectivity index (χ0n) is 16.1. The molecule has 0 saturated heterocycles. The smallest absolute Gasteiger partial charge is 0.305 e. The van der Waals surface area contributed by atoms with Crippen LogP contribution in [0.15, 0.2) is 36.4 Å². The Balaban J connectivity index is 0.00000243. The van der Waals surface area contributed by atoms with E-state index in [1.54, 1.807) is 0 Å². The third kappa shape index (κ3) is 3.71. The van der Waals surface area contributed by atoms with Gasteiger partial charge in [-0.15, -0.1) is 0 Å². The minimum atomic E-state index is -0.0867. The number of rotatable bonds is 6. The summed E-state index contributed by atoms with van der Waals surface area (Å²) in [7, 11) is 0. The average Bonchev–Trinajstić information content (AvgIpc) is 2.79. The molecule has 0 unspecified atom stereocenters. The lowest BCUT2D eigenvalue weighted by molar-refractivity contribution is -0.439. The fourth-order valence-corrected chi connectivity index (χ4v) is 3.90. The van der Waals surface area contributed by atoms with E-state index in [1.165, 1.54) is 27.7 Å². The van der Waals surface area contributed by atoms with Gasteiger partial charge in [-0.05, 0) is 44.0 Å². The first kappa shape index (κ1) is 20.6. The van der Waals surface area contributed by atoms with Crippen molar-refractivity contribution in [3.8, 4) is 0 Å². The fraction of sp³-hybridized carbons (Fsp3) is 0.455. The summed E-state index contributed by atoms with van der Waals surface area (Å²) >= 11 is 0. The Kier molecular flexibility index (Phi) is 6.62. The van der Waals surface area contributed by atoms with Gasteiger partial charge in [0, 0.05) is 31.4 Å². The largest absolute Gasteiger partial charge is 1.00 e. The summed E-state index contributed by atoms with van der Waals surface area (Å²) in [6.45, 7) is 10.1. The molecule has 2 aromatic carbocycles. The third-order valence-corrected chi connectivity index (χ3v) is 5.45. The minimum Gasteiger partial charge on any atom is -1.00 e. The van der Waals surface area contributed by atoms with Crippen LogP contribution in [0.25, 0.3) is 10.8 Å². The molecule has 0 amide bonds. The molecular formula is C22H28BrNO2. The molecule has 1 aliphatic rings. The summed E-state index contributed by atoms with van der Waals surface area (Å²) in [5.41, 5.74) is 4.15. The maximum Gasteiger partial charge on any atom is 0.305 e. The van der Waals surface area contributed by atoms with Gasteiger partial charge in [-0.25, -0.2) is 0 Å². The zero-order chi connectivity index (χ0) is 18.0. The van der Waals surface area contributed by atoms with E-state index in [4.69, 9.17) is 4.74 Å². The van der Waals surface area contributed by atoms with Crippen molar-refractivity contribution in [1.29, 1.82) is 0 Å². The minimum absolute atomic E-state index is 0. The zero-order valence-corrected chi connectivity index (χ0v) is 17.7. The van der Waals surface area contributed by atoms with E-state index in [0.29, 0.717) is 13.0 Å². The Morgan fingerprint density at radius 3 is 2.58 bits per heavy atom. The highest BCUT2D eigenvalue weighted by Crippen LogP contribution is 2.43. The number of hydrogen-bond donors (Lipinski definition) is 0. The monoisotopic (exact) mass is 417 g/mol. The highest BCUT2D eigenvalue weighted by Gasteiger charge is 2.43. The Morgan fingerprint density at radius 2 is 1.85 bits per heavy atom. The molecule has 140 valence electrons. The first-order chi connectivity index (χ1) is 12.0. The molecule has 3 rings (SSSR count). The van der Waals surface area contributed by atoms with Gasteiger partial charge in [0.1, 0.15) is 6.54 Å². The van der Waals surface area contributed by atoms with Gasteiger partial charge < -0.3 is 21.7 Å². The molecular weight excluding hydrogens is 390 g/mol. The lowest BCUT2D eigenvalue weighted by Gasteiger charge is -2.17. The standard InChI is InChI=1S/C22H28NO2.BrH/c1-5-25-20(24)12-8-9-15-23-16(2)22(3,4)21-18-11-7-6-10-17(18)13-14-19(21)23;/h6-7,10-11,13-14H,5,8-9,12,15H2,1-4H3;1H/q+1;/p-1. The lowest BCUT2D eigenvalue weighted by Crippen LogP contribution is -3.00. The Labute approximate surface area is 166 Å². The molecule has 0 spiro atoms. The van der Waals surface area contributed by atoms with Crippen LogP contribution in [0.5, 0.6) is 0 Å². The summed E-state index contributed by atoms with van der Waals surface area (Å²) in [5, 5.41) is 2.64.